The van der Waals surface area contributed by atoms with Crippen LogP contribution in [0, 0.1) is 0 Å². The summed E-state index contributed by atoms with van der Waals surface area (Å²) in [5.41, 5.74) is 5.91. The number of nitrogens with zero attached hydrogens (tertiary/aromatic N) is 2. The molecule has 1 rings (SSSR count). The quantitative estimate of drug-likeness (QED) is 0.692. The van der Waals surface area contributed by atoms with E-state index in [0.29, 0.717) is 5.69 Å². The van der Waals surface area contributed by atoms with Gasteiger partial charge in [-0.3, -0.25) is 4.79 Å². The molecular weight excluding hydrogens is 166 g/mol. The zero-order valence-electron chi connectivity index (χ0n) is 8.08. The fraction of sp³-hybridized carbons (Fsp3) is 0.556. The number of hydrogen-bond donors (Lipinski definition) is 1. The number of carbonyl (C=O) groups is 1. The molecule has 0 bridgehead atoms. The molecule has 0 aliphatic heterocycles. The molecule has 4 nitrogen and oxygen atoms in total. The maximum Gasteiger partial charge on any atom is 0.194 e. The highest BCUT2D eigenvalue weighted by molar-refractivity contribution is 5.95. The first kappa shape index (κ1) is 9.92. The van der Waals surface area contributed by atoms with E-state index in [1.807, 2.05) is 18.4 Å². The van der Waals surface area contributed by atoms with Gasteiger partial charge in [0.2, 0.25) is 0 Å². The second-order valence-electron chi connectivity index (χ2n) is 2.78. The van der Waals surface area contributed by atoms with Crippen LogP contribution in [0.25, 0.3) is 0 Å². The first-order valence-corrected chi connectivity index (χ1v) is 4.52. The van der Waals surface area contributed by atoms with Crippen molar-refractivity contribution in [1.82, 2.24) is 9.55 Å². The Morgan fingerprint density at radius 2 is 2.31 bits per heavy atom. The predicted octanol–water partition coefficient (Wildman–Crippen LogP) is 0.607. The minimum atomic E-state index is -0.0472. The largest absolute Gasteiger partial charge is 0.326 e. The molecule has 0 spiro atoms. The summed E-state index contributed by atoms with van der Waals surface area (Å²) < 4.78 is 1.91. The SMILES string of the molecule is CCc1ncc(C(=O)CN)n1CC. The summed E-state index contributed by atoms with van der Waals surface area (Å²) in [6, 6.07) is 0. The van der Waals surface area contributed by atoms with Crippen LogP contribution in [0.2, 0.25) is 0 Å². The molecule has 0 saturated heterocycles. The van der Waals surface area contributed by atoms with Gasteiger partial charge in [-0.2, -0.15) is 0 Å². The molecule has 72 valence electrons. The molecule has 0 aliphatic rings. The van der Waals surface area contributed by atoms with Crippen LogP contribution in [-0.2, 0) is 13.0 Å². The normalized spacial score (nSPS) is 10.4. The Morgan fingerprint density at radius 3 is 2.77 bits per heavy atom. The van der Waals surface area contributed by atoms with Crippen molar-refractivity contribution >= 4 is 5.78 Å². The maximum atomic E-state index is 11.3. The van der Waals surface area contributed by atoms with Crippen LogP contribution in [0.1, 0.15) is 30.2 Å². The van der Waals surface area contributed by atoms with Crippen LogP contribution in [0.4, 0.5) is 0 Å². The number of hydrogen-bond acceptors (Lipinski definition) is 3. The molecule has 1 aromatic heterocycles. The van der Waals surface area contributed by atoms with Crippen molar-refractivity contribution in [3.63, 3.8) is 0 Å². The number of carbonyl (C=O) groups excluding carboxylic acids is 1. The van der Waals surface area contributed by atoms with Crippen molar-refractivity contribution in [2.75, 3.05) is 6.54 Å². The molecule has 13 heavy (non-hydrogen) atoms. The van der Waals surface area contributed by atoms with Crippen LogP contribution in [0.3, 0.4) is 0 Å². The summed E-state index contributed by atoms with van der Waals surface area (Å²) in [6.45, 7) is 4.83. The lowest BCUT2D eigenvalue weighted by atomic mass is 10.3. The number of aromatic nitrogens is 2. The molecule has 0 radical (unpaired) electrons. The Kier molecular flexibility index (Phi) is 3.19. The molecule has 0 saturated carbocycles. The molecule has 1 aromatic rings. The number of aryl methyl sites for hydroxylation is 1. The Hall–Kier alpha value is -1.16. The zero-order chi connectivity index (χ0) is 9.84. The van der Waals surface area contributed by atoms with Gasteiger partial charge in [-0.05, 0) is 6.92 Å². The predicted molar refractivity (Wildman–Crippen MR) is 50.7 cm³/mol. The van der Waals surface area contributed by atoms with Crippen molar-refractivity contribution in [3.8, 4) is 0 Å². The minimum absolute atomic E-state index is 0.0472. The summed E-state index contributed by atoms with van der Waals surface area (Å²) in [4.78, 5) is 15.5. The maximum absolute atomic E-state index is 11.3. The van der Waals surface area contributed by atoms with Crippen LogP contribution >= 0.6 is 0 Å². The molecule has 0 aromatic carbocycles. The van der Waals surface area contributed by atoms with Crippen molar-refractivity contribution in [1.29, 1.82) is 0 Å². The summed E-state index contributed by atoms with van der Waals surface area (Å²) in [5.74, 6) is 0.897. The second-order valence-corrected chi connectivity index (χ2v) is 2.78. The third-order valence-electron chi connectivity index (χ3n) is 2.04. The van der Waals surface area contributed by atoms with Crippen molar-refractivity contribution in [3.05, 3.63) is 17.7 Å². The topological polar surface area (TPSA) is 60.9 Å². The van der Waals surface area contributed by atoms with E-state index in [2.05, 4.69) is 4.98 Å². The van der Waals surface area contributed by atoms with Gasteiger partial charge >= 0.3 is 0 Å². The molecule has 2 N–H and O–H groups in total. The van der Waals surface area contributed by atoms with Gasteiger partial charge in [-0.1, -0.05) is 6.92 Å². The Morgan fingerprint density at radius 1 is 1.62 bits per heavy atom. The van der Waals surface area contributed by atoms with E-state index in [-0.39, 0.29) is 12.3 Å². The van der Waals surface area contributed by atoms with E-state index in [4.69, 9.17) is 5.73 Å². The van der Waals surface area contributed by atoms with E-state index >= 15 is 0 Å². The minimum Gasteiger partial charge on any atom is -0.326 e. The van der Waals surface area contributed by atoms with Crippen LogP contribution < -0.4 is 5.73 Å². The molecule has 0 unspecified atom stereocenters. The second kappa shape index (κ2) is 4.18. The number of nitrogens with two attached hydrogens (primary N) is 1. The van der Waals surface area contributed by atoms with Gasteiger partial charge in [-0.25, -0.2) is 4.98 Å². The Balaban J connectivity index is 3.07. The molecule has 0 fully saturated rings. The monoisotopic (exact) mass is 181 g/mol. The lowest BCUT2D eigenvalue weighted by Gasteiger charge is -2.05. The smallest absolute Gasteiger partial charge is 0.194 e. The lowest BCUT2D eigenvalue weighted by molar-refractivity contribution is 0.0992. The Labute approximate surface area is 77.8 Å². The average Bonchev–Trinajstić information content (AvgIpc) is 2.58. The van der Waals surface area contributed by atoms with Gasteiger partial charge in [0.05, 0.1) is 12.7 Å². The lowest BCUT2D eigenvalue weighted by Crippen LogP contribution is -2.18. The number of Topliss-reactive ketones (excluding diaryl/α,β-unsaturated/α-hetero) is 1. The third kappa shape index (κ3) is 1.78. The molecule has 4 heteroatoms. The van der Waals surface area contributed by atoms with E-state index < -0.39 is 0 Å². The first-order valence-electron chi connectivity index (χ1n) is 4.52. The van der Waals surface area contributed by atoms with Crippen molar-refractivity contribution < 1.29 is 4.79 Å². The standard InChI is InChI=1S/C9H15N3O/c1-3-9-11-6-7(8(13)5-10)12(9)4-2/h6H,3-5,10H2,1-2H3. The van der Waals surface area contributed by atoms with Crippen molar-refractivity contribution in [2.24, 2.45) is 5.73 Å². The number of rotatable bonds is 4. The van der Waals surface area contributed by atoms with Gasteiger partial charge in [0.25, 0.3) is 0 Å². The Bertz CT molecular complexity index is 304. The van der Waals surface area contributed by atoms with Crippen LogP contribution in [-0.4, -0.2) is 21.9 Å². The van der Waals surface area contributed by atoms with Gasteiger partial charge in [-0.15, -0.1) is 0 Å². The highest BCUT2D eigenvalue weighted by Crippen LogP contribution is 2.06. The van der Waals surface area contributed by atoms with Gasteiger partial charge in [0.15, 0.2) is 5.78 Å². The number of ketones is 1. The average molecular weight is 181 g/mol. The fourth-order valence-corrected chi connectivity index (χ4v) is 1.38. The molecular formula is C9H15N3O. The van der Waals surface area contributed by atoms with E-state index in [0.717, 1.165) is 18.8 Å². The first-order chi connectivity index (χ1) is 6.24. The summed E-state index contributed by atoms with van der Waals surface area (Å²) >= 11 is 0. The van der Waals surface area contributed by atoms with E-state index in [9.17, 15) is 4.79 Å². The number of imidazole rings is 1. The van der Waals surface area contributed by atoms with E-state index in [1.54, 1.807) is 6.20 Å². The summed E-state index contributed by atoms with van der Waals surface area (Å²) in [6.07, 6.45) is 2.45. The van der Waals surface area contributed by atoms with Gasteiger partial charge in [0.1, 0.15) is 11.5 Å². The summed E-state index contributed by atoms with van der Waals surface area (Å²) in [7, 11) is 0. The molecule has 1 heterocycles. The molecule has 0 atom stereocenters. The molecule has 0 amide bonds. The third-order valence-corrected chi connectivity index (χ3v) is 2.04. The van der Waals surface area contributed by atoms with Gasteiger partial charge < -0.3 is 10.3 Å². The van der Waals surface area contributed by atoms with Crippen molar-refractivity contribution in [2.45, 2.75) is 26.8 Å². The highest BCUT2D eigenvalue weighted by Gasteiger charge is 2.12. The van der Waals surface area contributed by atoms with E-state index in [1.165, 1.54) is 0 Å². The fourth-order valence-electron chi connectivity index (χ4n) is 1.38. The zero-order valence-corrected chi connectivity index (χ0v) is 8.08. The highest BCUT2D eigenvalue weighted by atomic mass is 16.1. The van der Waals surface area contributed by atoms with Crippen LogP contribution in [0.5, 0.6) is 0 Å². The van der Waals surface area contributed by atoms with Gasteiger partial charge in [0, 0.05) is 13.0 Å². The molecule has 0 aliphatic carbocycles. The van der Waals surface area contributed by atoms with Crippen LogP contribution in [0.15, 0.2) is 6.20 Å². The summed E-state index contributed by atoms with van der Waals surface area (Å²) in [5, 5.41) is 0.